The average molecular weight is 605 g/mol. The molecule has 1 N–H and O–H groups in total. The molecule has 6 rings (SSSR count). The number of carbonyl (C=O) groups is 1. The van der Waals surface area contributed by atoms with Gasteiger partial charge in [0.15, 0.2) is 5.82 Å². The first-order valence-corrected chi connectivity index (χ1v) is 12.9. The van der Waals surface area contributed by atoms with E-state index < -0.39 is 46.9 Å². The average Bonchev–Trinajstić information content (AvgIpc) is 3.56. The number of H-pyrrole nitrogens is 1. The van der Waals surface area contributed by atoms with Crippen LogP contribution in [0.3, 0.4) is 0 Å². The smallest absolute Gasteiger partial charge is 0.451 e. The summed E-state index contributed by atoms with van der Waals surface area (Å²) in [6.45, 7) is -0.365. The van der Waals surface area contributed by atoms with Crippen LogP contribution in [0.4, 0.5) is 32.0 Å². The van der Waals surface area contributed by atoms with Crippen LogP contribution in [0.15, 0.2) is 59.5 Å². The van der Waals surface area contributed by atoms with Crippen LogP contribution >= 0.6 is 0 Å². The number of halogens is 6. The molecule has 224 valence electrons. The molecule has 43 heavy (non-hydrogen) atoms. The first kappa shape index (κ1) is 28.2. The van der Waals surface area contributed by atoms with Crippen molar-refractivity contribution < 1.29 is 35.9 Å². The van der Waals surface area contributed by atoms with Crippen LogP contribution in [0.2, 0.25) is 0 Å². The Kier molecular flexibility index (Phi) is 6.85. The van der Waals surface area contributed by atoms with E-state index in [0.29, 0.717) is 5.56 Å². The van der Waals surface area contributed by atoms with Gasteiger partial charge in [0.05, 0.1) is 24.5 Å². The van der Waals surface area contributed by atoms with Crippen LogP contribution in [-0.4, -0.2) is 48.9 Å². The van der Waals surface area contributed by atoms with E-state index in [1.807, 2.05) is 5.10 Å². The minimum absolute atomic E-state index is 0.00234. The SMILES string of the molecule is O=C(c1cccc(OC[C@@H]2c3ccccc3CN2c2cn[nH]c(=O)c2C(F)(F)F)c1)N1CCn2c(nnc2C(F)(F)F)C1. The molecule has 0 spiro atoms. The van der Waals surface area contributed by atoms with Crippen LogP contribution in [0.1, 0.15) is 44.7 Å². The van der Waals surface area contributed by atoms with Gasteiger partial charge in [-0.15, -0.1) is 10.2 Å². The molecule has 10 nitrogen and oxygen atoms in total. The molecule has 0 unspecified atom stereocenters. The lowest BCUT2D eigenvalue weighted by Gasteiger charge is -2.29. The molecule has 2 aliphatic heterocycles. The monoisotopic (exact) mass is 605 g/mol. The summed E-state index contributed by atoms with van der Waals surface area (Å²) in [4.78, 5) is 28.1. The van der Waals surface area contributed by atoms with Crippen molar-refractivity contribution in [1.82, 2.24) is 29.9 Å². The Hall–Kier alpha value is -4.89. The normalized spacial score (nSPS) is 16.7. The fourth-order valence-electron chi connectivity index (χ4n) is 5.40. The van der Waals surface area contributed by atoms with Crippen LogP contribution in [0.25, 0.3) is 0 Å². The number of carbonyl (C=O) groups excluding carboxylic acids is 1. The predicted molar refractivity (Wildman–Crippen MR) is 137 cm³/mol. The number of aromatic amines is 1. The van der Waals surface area contributed by atoms with Gasteiger partial charge in [-0.3, -0.25) is 9.59 Å². The van der Waals surface area contributed by atoms with Crippen molar-refractivity contribution in [2.45, 2.75) is 38.0 Å². The lowest BCUT2D eigenvalue weighted by atomic mass is 10.1. The van der Waals surface area contributed by atoms with E-state index in [-0.39, 0.29) is 49.9 Å². The fraction of sp³-hybridized carbons (Fsp3) is 0.296. The van der Waals surface area contributed by atoms with Gasteiger partial charge in [0.1, 0.15) is 17.9 Å². The topological polar surface area (TPSA) is 109 Å². The van der Waals surface area contributed by atoms with Crippen LogP contribution in [-0.2, 0) is 32.0 Å². The maximum atomic E-state index is 13.9. The molecule has 4 aromatic rings. The lowest BCUT2D eigenvalue weighted by Crippen LogP contribution is -2.39. The third-order valence-corrected chi connectivity index (χ3v) is 7.34. The quantitative estimate of drug-likeness (QED) is 0.340. The number of aromatic nitrogens is 5. The zero-order valence-electron chi connectivity index (χ0n) is 22.0. The van der Waals surface area contributed by atoms with Crippen LogP contribution in [0, 0.1) is 0 Å². The number of hydrogen-bond donors (Lipinski definition) is 1. The van der Waals surface area contributed by atoms with E-state index in [9.17, 15) is 35.9 Å². The zero-order chi connectivity index (χ0) is 30.5. The second kappa shape index (κ2) is 10.4. The Bertz CT molecular complexity index is 1750. The highest BCUT2D eigenvalue weighted by Crippen LogP contribution is 2.42. The van der Waals surface area contributed by atoms with Gasteiger partial charge in [-0.2, -0.15) is 31.4 Å². The minimum atomic E-state index is -4.93. The van der Waals surface area contributed by atoms with Crippen LogP contribution in [0.5, 0.6) is 5.75 Å². The third-order valence-electron chi connectivity index (χ3n) is 7.34. The Balaban J connectivity index is 1.22. The van der Waals surface area contributed by atoms with E-state index in [4.69, 9.17) is 4.74 Å². The van der Waals surface area contributed by atoms with E-state index in [2.05, 4.69) is 15.3 Å². The second-order valence-electron chi connectivity index (χ2n) is 9.95. The third kappa shape index (κ3) is 5.28. The highest BCUT2D eigenvalue weighted by atomic mass is 19.4. The number of nitrogens with zero attached hydrogens (tertiary/aromatic N) is 6. The van der Waals surface area contributed by atoms with Gasteiger partial charge >= 0.3 is 12.4 Å². The van der Waals surface area contributed by atoms with Crippen molar-refractivity contribution in [2.24, 2.45) is 0 Å². The number of hydrogen-bond acceptors (Lipinski definition) is 7. The number of ether oxygens (including phenoxy) is 1. The maximum absolute atomic E-state index is 13.9. The Morgan fingerprint density at radius 1 is 0.977 bits per heavy atom. The highest BCUT2D eigenvalue weighted by molar-refractivity contribution is 5.94. The minimum Gasteiger partial charge on any atom is -0.491 e. The molecule has 1 amide bonds. The highest BCUT2D eigenvalue weighted by Gasteiger charge is 2.42. The molecular weight excluding hydrogens is 584 g/mol. The van der Waals surface area contributed by atoms with Gasteiger partial charge in [0, 0.05) is 25.2 Å². The first-order valence-electron chi connectivity index (χ1n) is 12.9. The Morgan fingerprint density at radius 2 is 1.77 bits per heavy atom. The summed E-state index contributed by atoms with van der Waals surface area (Å²) in [7, 11) is 0. The number of nitrogens with one attached hydrogen (secondary N) is 1. The number of amides is 1. The lowest BCUT2D eigenvalue weighted by molar-refractivity contribution is -0.148. The Morgan fingerprint density at radius 3 is 2.53 bits per heavy atom. The van der Waals surface area contributed by atoms with Gasteiger partial charge in [0.25, 0.3) is 11.5 Å². The number of anilines is 1. The second-order valence-corrected chi connectivity index (χ2v) is 9.95. The molecule has 0 radical (unpaired) electrons. The van der Waals surface area contributed by atoms with E-state index >= 15 is 0 Å². The first-order chi connectivity index (χ1) is 20.4. The maximum Gasteiger partial charge on any atom is 0.451 e. The molecule has 2 aliphatic rings. The summed E-state index contributed by atoms with van der Waals surface area (Å²) in [6.07, 6.45) is -8.64. The van der Waals surface area contributed by atoms with Crippen molar-refractivity contribution in [3.63, 3.8) is 0 Å². The molecule has 16 heteroatoms. The molecule has 2 aromatic heterocycles. The van der Waals surface area contributed by atoms with Gasteiger partial charge in [-0.05, 0) is 29.3 Å². The van der Waals surface area contributed by atoms with Crippen LogP contribution < -0.4 is 15.2 Å². The van der Waals surface area contributed by atoms with Gasteiger partial charge < -0.3 is 19.1 Å². The summed E-state index contributed by atoms with van der Waals surface area (Å²) < 4.78 is 88.0. The van der Waals surface area contributed by atoms with Gasteiger partial charge in [-0.25, -0.2) is 5.10 Å². The zero-order valence-corrected chi connectivity index (χ0v) is 22.0. The molecule has 2 aromatic carbocycles. The van der Waals surface area contributed by atoms with Crippen molar-refractivity contribution >= 4 is 11.6 Å². The fourth-order valence-corrected chi connectivity index (χ4v) is 5.40. The van der Waals surface area contributed by atoms with Crippen molar-refractivity contribution in [2.75, 3.05) is 18.1 Å². The molecule has 4 heterocycles. The summed E-state index contributed by atoms with van der Waals surface area (Å²) >= 11 is 0. The molecule has 0 bridgehead atoms. The predicted octanol–water partition coefficient (Wildman–Crippen LogP) is 4.20. The summed E-state index contributed by atoms with van der Waals surface area (Å²) in [5.41, 5.74) is -1.47. The molecule has 1 atom stereocenters. The summed E-state index contributed by atoms with van der Waals surface area (Å²) in [5.74, 6) is -1.34. The molecule has 0 aliphatic carbocycles. The standard InChI is InChI=1S/C27H21F6N7O3/c28-26(29,30)22-19(11-34-36-23(22)41)40-12-16-4-1-2-7-18(16)20(40)14-43-17-6-3-5-15(10-17)24(42)38-8-9-39-21(13-38)35-37-25(39)27(31,32)33/h1-7,10-11,20H,8-9,12-14H2,(H,36,41)/t20-/m1/s1. The number of fused-ring (bicyclic) bond motifs is 2. The number of benzene rings is 2. The summed E-state index contributed by atoms with van der Waals surface area (Å²) in [6, 6.07) is 12.4. The number of alkyl halides is 6. The number of rotatable bonds is 5. The van der Waals surface area contributed by atoms with Crippen molar-refractivity contribution in [1.29, 1.82) is 0 Å². The molecule has 0 saturated carbocycles. The summed E-state index contributed by atoms with van der Waals surface area (Å²) in [5, 5.41) is 12.2. The van der Waals surface area contributed by atoms with E-state index in [1.165, 1.54) is 21.9 Å². The molecular formula is C27H21F6N7O3. The van der Waals surface area contributed by atoms with E-state index in [1.54, 1.807) is 36.4 Å². The molecule has 0 fully saturated rings. The largest absolute Gasteiger partial charge is 0.491 e. The Labute approximate surface area is 238 Å². The van der Waals surface area contributed by atoms with E-state index in [0.717, 1.165) is 16.3 Å². The van der Waals surface area contributed by atoms with Crippen molar-refractivity contribution in [3.05, 3.63) is 99.0 Å². The molecule has 0 saturated heterocycles. The van der Waals surface area contributed by atoms with Gasteiger partial charge in [-0.1, -0.05) is 30.3 Å². The van der Waals surface area contributed by atoms with Crippen molar-refractivity contribution in [3.8, 4) is 5.75 Å². The van der Waals surface area contributed by atoms with Gasteiger partial charge in [0.2, 0.25) is 5.82 Å².